The molecule has 2 aliphatic heterocycles. The SMILES string of the molecule is COc1ccc(C2(C)NC(=O)N(CC(=O)N3CC4CCC(N)C4C3)C2=O)cc1. The van der Waals surface area contributed by atoms with Crippen molar-refractivity contribution in [3.05, 3.63) is 29.8 Å². The lowest BCUT2D eigenvalue weighted by atomic mass is 9.92. The summed E-state index contributed by atoms with van der Waals surface area (Å²) in [5.74, 6) is 0.799. The molecule has 0 bridgehead atoms. The number of imide groups is 1. The highest BCUT2D eigenvalue weighted by Gasteiger charge is 2.50. The number of nitrogens with one attached hydrogen (secondary N) is 1. The summed E-state index contributed by atoms with van der Waals surface area (Å²) in [6, 6.07) is 6.54. The maximum absolute atomic E-state index is 13.0. The molecule has 1 saturated carbocycles. The van der Waals surface area contributed by atoms with Gasteiger partial charge in [0, 0.05) is 19.1 Å². The molecule has 4 unspecified atom stereocenters. The second kappa shape index (κ2) is 6.77. The second-order valence-corrected chi connectivity index (χ2v) is 8.14. The number of urea groups is 1. The van der Waals surface area contributed by atoms with Gasteiger partial charge < -0.3 is 20.7 Å². The van der Waals surface area contributed by atoms with E-state index in [4.69, 9.17) is 10.5 Å². The number of hydrogen-bond acceptors (Lipinski definition) is 5. The number of methoxy groups -OCH3 is 1. The Morgan fingerprint density at radius 2 is 1.96 bits per heavy atom. The summed E-state index contributed by atoms with van der Waals surface area (Å²) in [4.78, 5) is 41.0. The topological polar surface area (TPSA) is 105 Å². The molecule has 8 nitrogen and oxygen atoms in total. The summed E-state index contributed by atoms with van der Waals surface area (Å²) >= 11 is 0. The van der Waals surface area contributed by atoms with Gasteiger partial charge in [-0.1, -0.05) is 12.1 Å². The van der Waals surface area contributed by atoms with Gasteiger partial charge in [0.2, 0.25) is 5.91 Å². The lowest BCUT2D eigenvalue weighted by Gasteiger charge is -2.24. The molecule has 150 valence electrons. The standard InChI is InChI=1S/C20H26N4O4/c1-20(13-4-6-14(28-2)7-5-13)18(26)24(19(27)22-20)11-17(25)23-9-12-3-8-16(21)15(12)10-23/h4-7,12,15-16H,3,8-11,21H2,1-2H3,(H,22,27). The van der Waals surface area contributed by atoms with Gasteiger partial charge in [-0.05, 0) is 49.3 Å². The first kappa shape index (κ1) is 18.7. The highest BCUT2D eigenvalue weighted by molar-refractivity contribution is 6.09. The van der Waals surface area contributed by atoms with Gasteiger partial charge in [-0.3, -0.25) is 14.5 Å². The van der Waals surface area contributed by atoms with E-state index in [0.717, 1.165) is 17.7 Å². The minimum Gasteiger partial charge on any atom is -0.497 e. The maximum atomic E-state index is 13.0. The van der Waals surface area contributed by atoms with Gasteiger partial charge in [0.25, 0.3) is 5.91 Å². The molecule has 2 saturated heterocycles. The van der Waals surface area contributed by atoms with Crippen molar-refractivity contribution >= 4 is 17.8 Å². The van der Waals surface area contributed by atoms with Gasteiger partial charge in [-0.25, -0.2) is 4.79 Å². The van der Waals surface area contributed by atoms with Crippen molar-refractivity contribution in [1.29, 1.82) is 0 Å². The van der Waals surface area contributed by atoms with E-state index >= 15 is 0 Å². The molecule has 2 heterocycles. The monoisotopic (exact) mass is 386 g/mol. The number of likely N-dealkylation sites (tertiary alicyclic amines) is 1. The first-order valence-corrected chi connectivity index (χ1v) is 9.65. The maximum Gasteiger partial charge on any atom is 0.325 e. The molecule has 4 atom stereocenters. The molecule has 8 heteroatoms. The van der Waals surface area contributed by atoms with E-state index in [9.17, 15) is 14.4 Å². The Morgan fingerprint density at radius 1 is 1.25 bits per heavy atom. The van der Waals surface area contributed by atoms with E-state index in [-0.39, 0.29) is 18.5 Å². The second-order valence-electron chi connectivity index (χ2n) is 8.14. The number of nitrogens with two attached hydrogens (primary N) is 1. The van der Waals surface area contributed by atoms with Crippen LogP contribution in [0.5, 0.6) is 5.75 Å². The number of hydrogen-bond donors (Lipinski definition) is 2. The molecular weight excluding hydrogens is 360 g/mol. The molecule has 1 aromatic carbocycles. The molecule has 3 fully saturated rings. The van der Waals surface area contributed by atoms with Crippen LogP contribution in [0.3, 0.4) is 0 Å². The molecule has 4 amide bonds. The zero-order valence-electron chi connectivity index (χ0n) is 16.2. The van der Waals surface area contributed by atoms with E-state index in [0.29, 0.717) is 36.2 Å². The van der Waals surface area contributed by atoms with Crippen LogP contribution in [-0.2, 0) is 15.1 Å². The minimum absolute atomic E-state index is 0.137. The normalized spacial score (nSPS) is 31.9. The highest BCUT2D eigenvalue weighted by Crippen LogP contribution is 2.37. The van der Waals surface area contributed by atoms with Crippen molar-refractivity contribution in [2.75, 3.05) is 26.7 Å². The largest absolute Gasteiger partial charge is 0.497 e. The van der Waals surface area contributed by atoms with Crippen LogP contribution in [0.2, 0.25) is 0 Å². The summed E-state index contributed by atoms with van der Waals surface area (Å²) < 4.78 is 5.14. The number of ether oxygens (including phenoxy) is 1. The van der Waals surface area contributed by atoms with Crippen molar-refractivity contribution < 1.29 is 19.1 Å². The lowest BCUT2D eigenvalue weighted by Crippen LogP contribution is -2.44. The van der Waals surface area contributed by atoms with Crippen LogP contribution in [0.15, 0.2) is 24.3 Å². The van der Waals surface area contributed by atoms with Gasteiger partial charge in [-0.15, -0.1) is 0 Å². The minimum atomic E-state index is -1.20. The van der Waals surface area contributed by atoms with E-state index < -0.39 is 17.5 Å². The fraction of sp³-hybridized carbons (Fsp3) is 0.550. The van der Waals surface area contributed by atoms with E-state index in [1.807, 2.05) is 0 Å². The van der Waals surface area contributed by atoms with Crippen LogP contribution in [0.25, 0.3) is 0 Å². The van der Waals surface area contributed by atoms with Crippen LogP contribution in [0, 0.1) is 11.8 Å². The number of carbonyl (C=O) groups is 3. The Kier molecular flexibility index (Phi) is 4.53. The number of amides is 4. The average Bonchev–Trinajstić information content (AvgIpc) is 3.32. The van der Waals surface area contributed by atoms with Crippen LogP contribution < -0.4 is 15.8 Å². The van der Waals surface area contributed by atoms with Gasteiger partial charge in [0.05, 0.1) is 7.11 Å². The summed E-state index contributed by atoms with van der Waals surface area (Å²) in [7, 11) is 1.56. The van der Waals surface area contributed by atoms with Crippen molar-refractivity contribution in [2.24, 2.45) is 17.6 Å². The van der Waals surface area contributed by atoms with E-state index in [2.05, 4.69) is 5.32 Å². The molecule has 1 aliphatic carbocycles. The molecule has 0 radical (unpaired) electrons. The third kappa shape index (κ3) is 2.92. The third-order valence-electron chi connectivity index (χ3n) is 6.50. The van der Waals surface area contributed by atoms with Crippen molar-refractivity contribution in [2.45, 2.75) is 31.3 Å². The van der Waals surface area contributed by atoms with Crippen LogP contribution in [-0.4, -0.2) is 60.4 Å². The Morgan fingerprint density at radius 3 is 2.61 bits per heavy atom. The number of fused-ring (bicyclic) bond motifs is 1. The molecular formula is C20H26N4O4. The van der Waals surface area contributed by atoms with Crippen LogP contribution in [0.1, 0.15) is 25.3 Å². The smallest absolute Gasteiger partial charge is 0.325 e. The quantitative estimate of drug-likeness (QED) is 0.740. The molecule has 3 aliphatic rings. The first-order chi connectivity index (χ1) is 13.3. The molecule has 0 aromatic heterocycles. The zero-order chi connectivity index (χ0) is 20.1. The molecule has 1 aromatic rings. The molecule has 4 rings (SSSR count). The summed E-state index contributed by atoms with van der Waals surface area (Å²) in [6.45, 7) is 2.69. The fourth-order valence-corrected chi connectivity index (χ4v) is 4.71. The number of benzene rings is 1. The number of rotatable bonds is 4. The molecule has 0 spiro atoms. The van der Waals surface area contributed by atoms with Crippen molar-refractivity contribution in [3.8, 4) is 5.75 Å². The first-order valence-electron chi connectivity index (χ1n) is 9.65. The van der Waals surface area contributed by atoms with E-state index in [1.165, 1.54) is 0 Å². The number of carbonyl (C=O) groups excluding carboxylic acids is 3. The van der Waals surface area contributed by atoms with Crippen LogP contribution in [0.4, 0.5) is 4.79 Å². The van der Waals surface area contributed by atoms with Crippen molar-refractivity contribution in [3.63, 3.8) is 0 Å². The van der Waals surface area contributed by atoms with Crippen LogP contribution >= 0.6 is 0 Å². The summed E-state index contributed by atoms with van der Waals surface area (Å²) in [6.07, 6.45) is 2.04. The Balaban J connectivity index is 1.46. The Labute approximate surface area is 164 Å². The van der Waals surface area contributed by atoms with Gasteiger partial charge >= 0.3 is 6.03 Å². The Hall–Kier alpha value is -2.61. The van der Waals surface area contributed by atoms with Gasteiger partial charge in [-0.2, -0.15) is 0 Å². The zero-order valence-corrected chi connectivity index (χ0v) is 16.2. The summed E-state index contributed by atoms with van der Waals surface area (Å²) in [5.41, 5.74) is 5.58. The summed E-state index contributed by atoms with van der Waals surface area (Å²) in [5, 5.41) is 2.73. The van der Waals surface area contributed by atoms with Gasteiger partial charge in [0.1, 0.15) is 17.8 Å². The molecule has 3 N–H and O–H groups in total. The predicted octanol–water partition coefficient (Wildman–Crippen LogP) is 0.658. The lowest BCUT2D eigenvalue weighted by molar-refractivity contribution is -0.138. The highest BCUT2D eigenvalue weighted by atomic mass is 16.5. The van der Waals surface area contributed by atoms with Crippen molar-refractivity contribution in [1.82, 2.24) is 15.1 Å². The third-order valence-corrected chi connectivity index (χ3v) is 6.50. The Bertz CT molecular complexity index is 811. The predicted molar refractivity (Wildman–Crippen MR) is 101 cm³/mol. The average molecular weight is 386 g/mol. The van der Waals surface area contributed by atoms with E-state index in [1.54, 1.807) is 43.2 Å². The number of nitrogens with zero attached hydrogens (tertiary/aromatic N) is 2. The van der Waals surface area contributed by atoms with Gasteiger partial charge in [0.15, 0.2) is 0 Å². The fourth-order valence-electron chi connectivity index (χ4n) is 4.71. The molecule has 28 heavy (non-hydrogen) atoms.